The maximum Gasteiger partial charge on any atom is 0.161 e. The number of aromatic nitrogens is 2. The molecule has 4 aromatic rings. The van der Waals surface area contributed by atoms with Crippen molar-refractivity contribution in [3.8, 4) is 39.5 Å². The molecule has 0 bridgehead atoms. The van der Waals surface area contributed by atoms with Gasteiger partial charge in [0, 0.05) is 34.5 Å². The SMILES string of the molecule is COc1ccc(-c2cnc3[nH]cc(-c4ccccc4OC)c3c2)cc1OC. The van der Waals surface area contributed by atoms with Gasteiger partial charge in [0.1, 0.15) is 11.4 Å². The van der Waals surface area contributed by atoms with E-state index in [0.29, 0.717) is 11.5 Å². The minimum atomic E-state index is 0.689. The highest BCUT2D eigenvalue weighted by Gasteiger charge is 2.13. The average Bonchev–Trinajstić information content (AvgIpc) is 3.16. The van der Waals surface area contributed by atoms with Crippen LogP contribution in [-0.4, -0.2) is 31.3 Å². The summed E-state index contributed by atoms with van der Waals surface area (Å²) in [5.41, 5.74) is 4.92. The lowest BCUT2D eigenvalue weighted by atomic mass is 10.0. The summed E-state index contributed by atoms with van der Waals surface area (Å²) in [5, 5.41) is 1.03. The molecule has 0 aliphatic carbocycles. The zero-order chi connectivity index (χ0) is 18.8. The molecule has 136 valence electrons. The van der Waals surface area contributed by atoms with Crippen LogP contribution in [0.15, 0.2) is 60.9 Å². The van der Waals surface area contributed by atoms with Crippen molar-refractivity contribution in [3.05, 3.63) is 60.9 Å². The van der Waals surface area contributed by atoms with E-state index >= 15 is 0 Å². The predicted molar refractivity (Wildman–Crippen MR) is 107 cm³/mol. The van der Waals surface area contributed by atoms with Gasteiger partial charge in [-0.25, -0.2) is 4.98 Å². The number of nitrogens with zero attached hydrogens (tertiary/aromatic N) is 1. The molecule has 0 unspecified atom stereocenters. The van der Waals surface area contributed by atoms with E-state index in [2.05, 4.69) is 16.0 Å². The molecule has 0 amide bonds. The van der Waals surface area contributed by atoms with E-state index in [1.165, 1.54) is 0 Å². The number of methoxy groups -OCH3 is 3. The summed E-state index contributed by atoms with van der Waals surface area (Å²) in [4.78, 5) is 7.83. The summed E-state index contributed by atoms with van der Waals surface area (Å²) in [6.45, 7) is 0. The Bertz CT molecular complexity index is 1100. The highest BCUT2D eigenvalue weighted by Crippen LogP contribution is 2.37. The molecule has 0 atom stereocenters. The van der Waals surface area contributed by atoms with Gasteiger partial charge in [-0.15, -0.1) is 0 Å². The first-order chi connectivity index (χ1) is 13.2. The molecular weight excluding hydrogens is 340 g/mol. The first-order valence-electron chi connectivity index (χ1n) is 8.58. The van der Waals surface area contributed by atoms with Crippen molar-refractivity contribution in [1.29, 1.82) is 0 Å². The number of aromatic amines is 1. The molecule has 5 heteroatoms. The van der Waals surface area contributed by atoms with Gasteiger partial charge in [0.2, 0.25) is 0 Å². The lowest BCUT2D eigenvalue weighted by molar-refractivity contribution is 0.355. The van der Waals surface area contributed by atoms with Crippen molar-refractivity contribution < 1.29 is 14.2 Å². The van der Waals surface area contributed by atoms with Crippen LogP contribution < -0.4 is 14.2 Å². The molecule has 0 radical (unpaired) electrons. The molecule has 2 heterocycles. The minimum Gasteiger partial charge on any atom is -0.496 e. The number of hydrogen-bond acceptors (Lipinski definition) is 4. The van der Waals surface area contributed by atoms with Crippen LogP contribution in [0.3, 0.4) is 0 Å². The molecule has 0 spiro atoms. The number of rotatable bonds is 5. The zero-order valence-corrected chi connectivity index (χ0v) is 15.4. The van der Waals surface area contributed by atoms with Crippen molar-refractivity contribution in [2.45, 2.75) is 0 Å². The van der Waals surface area contributed by atoms with Gasteiger partial charge >= 0.3 is 0 Å². The van der Waals surface area contributed by atoms with Crippen LogP contribution in [0.25, 0.3) is 33.3 Å². The van der Waals surface area contributed by atoms with Gasteiger partial charge < -0.3 is 19.2 Å². The van der Waals surface area contributed by atoms with Crippen LogP contribution in [0.5, 0.6) is 17.2 Å². The maximum atomic E-state index is 5.52. The fraction of sp³-hybridized carbons (Fsp3) is 0.136. The highest BCUT2D eigenvalue weighted by molar-refractivity contribution is 5.97. The Morgan fingerprint density at radius 2 is 1.52 bits per heavy atom. The van der Waals surface area contributed by atoms with Crippen LogP contribution in [-0.2, 0) is 0 Å². The molecule has 0 saturated heterocycles. The van der Waals surface area contributed by atoms with E-state index in [0.717, 1.165) is 39.0 Å². The molecule has 4 rings (SSSR count). The number of pyridine rings is 1. The topological polar surface area (TPSA) is 56.4 Å². The molecular formula is C22H20N2O3. The fourth-order valence-corrected chi connectivity index (χ4v) is 3.27. The second-order valence-corrected chi connectivity index (χ2v) is 6.09. The number of ether oxygens (including phenoxy) is 3. The van der Waals surface area contributed by atoms with Gasteiger partial charge in [0.25, 0.3) is 0 Å². The summed E-state index contributed by atoms with van der Waals surface area (Å²) < 4.78 is 16.3. The van der Waals surface area contributed by atoms with E-state index in [9.17, 15) is 0 Å². The fourth-order valence-electron chi connectivity index (χ4n) is 3.27. The third kappa shape index (κ3) is 2.97. The molecule has 2 aromatic carbocycles. The first-order valence-corrected chi connectivity index (χ1v) is 8.58. The predicted octanol–water partition coefficient (Wildman–Crippen LogP) is 4.92. The van der Waals surface area contributed by atoms with E-state index in [4.69, 9.17) is 14.2 Å². The van der Waals surface area contributed by atoms with Crippen LogP contribution in [0.2, 0.25) is 0 Å². The van der Waals surface area contributed by atoms with Crippen LogP contribution in [0.1, 0.15) is 0 Å². The number of para-hydroxylation sites is 1. The Labute approximate surface area is 157 Å². The molecule has 27 heavy (non-hydrogen) atoms. The van der Waals surface area contributed by atoms with Crippen molar-refractivity contribution in [1.82, 2.24) is 9.97 Å². The average molecular weight is 360 g/mol. The van der Waals surface area contributed by atoms with Gasteiger partial charge in [0.05, 0.1) is 21.3 Å². The smallest absolute Gasteiger partial charge is 0.161 e. The van der Waals surface area contributed by atoms with E-state index in [1.807, 2.05) is 54.9 Å². The van der Waals surface area contributed by atoms with Gasteiger partial charge in [-0.05, 0) is 29.8 Å². The van der Waals surface area contributed by atoms with Gasteiger partial charge in [0.15, 0.2) is 11.5 Å². The standard InChI is InChI=1S/C22H20N2O3/c1-25-19-7-5-4-6-16(19)18-13-24-22-17(18)10-15(12-23-22)14-8-9-20(26-2)21(11-14)27-3/h4-13H,1-3H3,(H,23,24). The van der Waals surface area contributed by atoms with Crippen molar-refractivity contribution in [2.75, 3.05) is 21.3 Å². The molecule has 0 aliphatic heterocycles. The molecule has 5 nitrogen and oxygen atoms in total. The number of fused-ring (bicyclic) bond motifs is 1. The van der Waals surface area contributed by atoms with Gasteiger partial charge in [-0.2, -0.15) is 0 Å². The van der Waals surface area contributed by atoms with Crippen LogP contribution in [0.4, 0.5) is 0 Å². The minimum absolute atomic E-state index is 0.689. The number of hydrogen-bond donors (Lipinski definition) is 1. The number of benzene rings is 2. The quantitative estimate of drug-likeness (QED) is 0.549. The van der Waals surface area contributed by atoms with Crippen molar-refractivity contribution in [2.24, 2.45) is 0 Å². The van der Waals surface area contributed by atoms with E-state index in [1.54, 1.807) is 21.3 Å². The van der Waals surface area contributed by atoms with E-state index in [-0.39, 0.29) is 0 Å². The first kappa shape index (κ1) is 17.0. The summed E-state index contributed by atoms with van der Waals surface area (Å²) in [5.74, 6) is 2.22. The Kier molecular flexibility index (Phi) is 4.42. The number of H-pyrrole nitrogens is 1. The van der Waals surface area contributed by atoms with Crippen molar-refractivity contribution >= 4 is 11.0 Å². The third-order valence-electron chi connectivity index (χ3n) is 4.65. The lowest BCUT2D eigenvalue weighted by Crippen LogP contribution is -1.91. The van der Waals surface area contributed by atoms with Gasteiger partial charge in [-0.3, -0.25) is 0 Å². The molecule has 0 aliphatic rings. The van der Waals surface area contributed by atoms with E-state index < -0.39 is 0 Å². The van der Waals surface area contributed by atoms with Gasteiger partial charge in [-0.1, -0.05) is 24.3 Å². The van der Waals surface area contributed by atoms with Crippen LogP contribution >= 0.6 is 0 Å². The monoisotopic (exact) mass is 360 g/mol. The maximum absolute atomic E-state index is 5.52. The summed E-state index contributed by atoms with van der Waals surface area (Å²) in [7, 11) is 4.94. The summed E-state index contributed by atoms with van der Waals surface area (Å²) in [6.07, 6.45) is 3.82. The normalized spacial score (nSPS) is 10.8. The molecule has 0 fully saturated rings. The summed E-state index contributed by atoms with van der Waals surface area (Å²) >= 11 is 0. The third-order valence-corrected chi connectivity index (χ3v) is 4.65. The Balaban J connectivity index is 1.86. The zero-order valence-electron chi connectivity index (χ0n) is 15.4. The van der Waals surface area contributed by atoms with Crippen molar-refractivity contribution in [3.63, 3.8) is 0 Å². The van der Waals surface area contributed by atoms with Crippen LogP contribution in [0, 0.1) is 0 Å². The molecule has 1 N–H and O–H groups in total. The molecule has 2 aromatic heterocycles. The Morgan fingerprint density at radius 3 is 2.30 bits per heavy atom. The number of nitrogens with one attached hydrogen (secondary N) is 1. The Hall–Kier alpha value is -3.47. The highest BCUT2D eigenvalue weighted by atomic mass is 16.5. The molecule has 0 saturated carbocycles. The Morgan fingerprint density at radius 1 is 0.741 bits per heavy atom. The largest absolute Gasteiger partial charge is 0.496 e. The second-order valence-electron chi connectivity index (χ2n) is 6.09. The lowest BCUT2D eigenvalue weighted by Gasteiger charge is -2.10. The second kappa shape index (κ2) is 7.03. The summed E-state index contributed by atoms with van der Waals surface area (Å²) in [6, 6.07) is 16.0.